The fraction of sp³-hybridized carbons (Fsp3) is 0.462. The molecule has 3 rings (SSSR count). The van der Waals surface area contributed by atoms with E-state index < -0.39 is 10.3 Å². The Balaban J connectivity index is 0.000000637. The predicted molar refractivity (Wildman–Crippen MR) is 76.3 cm³/mol. The molecule has 0 unspecified atom stereocenters. The zero-order valence-electron chi connectivity index (χ0n) is 10.8. The summed E-state index contributed by atoms with van der Waals surface area (Å²) in [5.74, 6) is -0.0973. The molecule has 6 heteroatoms. The van der Waals surface area contributed by atoms with Crippen LogP contribution in [0.5, 0.6) is 0 Å². The molecule has 0 atom stereocenters. The van der Waals surface area contributed by atoms with Crippen molar-refractivity contribution in [3.63, 3.8) is 0 Å². The highest BCUT2D eigenvalue weighted by molar-refractivity contribution is 9.10. The molecule has 5 nitrogen and oxygen atoms in total. The number of amides is 1. The quantitative estimate of drug-likeness (QED) is 0.630. The molecule has 2 aliphatic rings. The molecular formula is C13H15BrN2O3. The second kappa shape index (κ2) is 4.92. The van der Waals surface area contributed by atoms with Gasteiger partial charge in [-0.3, -0.25) is 14.9 Å². The maximum atomic E-state index is 12.0. The summed E-state index contributed by atoms with van der Waals surface area (Å²) < 4.78 is 0.644. The molecule has 1 heterocycles. The summed E-state index contributed by atoms with van der Waals surface area (Å²) >= 11 is 3.27. The van der Waals surface area contributed by atoms with Gasteiger partial charge in [-0.1, -0.05) is 36.2 Å². The summed E-state index contributed by atoms with van der Waals surface area (Å²) in [5, 5.41) is 13.6. The van der Waals surface area contributed by atoms with Gasteiger partial charge in [0, 0.05) is 10.5 Å². The Morgan fingerprint density at radius 2 is 2.00 bits per heavy atom. The molecule has 1 spiro atoms. The molecule has 1 aromatic rings. The van der Waals surface area contributed by atoms with Gasteiger partial charge < -0.3 is 5.32 Å². The first-order valence-electron chi connectivity index (χ1n) is 6.34. The fourth-order valence-corrected chi connectivity index (χ4v) is 3.07. The van der Waals surface area contributed by atoms with E-state index in [1.54, 1.807) is 0 Å². The van der Waals surface area contributed by atoms with Gasteiger partial charge in [0.2, 0.25) is 5.91 Å². The Bertz CT molecular complexity index is 553. The summed E-state index contributed by atoms with van der Waals surface area (Å²) in [6, 6.07) is 3.25. The minimum atomic E-state index is -0.510. The first-order valence-corrected chi connectivity index (χ1v) is 7.14. The molecule has 1 amide bonds. The molecule has 1 saturated carbocycles. The maximum absolute atomic E-state index is 12.0. The Hall–Kier alpha value is -1.43. The summed E-state index contributed by atoms with van der Waals surface area (Å²) in [5.41, 5.74) is 0.605. The van der Waals surface area contributed by atoms with E-state index in [1.807, 2.05) is 19.9 Å². The van der Waals surface area contributed by atoms with E-state index in [0.717, 1.165) is 24.8 Å². The fourth-order valence-electron chi connectivity index (χ4n) is 2.63. The van der Waals surface area contributed by atoms with Crippen LogP contribution in [0, 0.1) is 10.1 Å². The smallest absolute Gasteiger partial charge is 0.294 e. The number of nitro benzene ring substituents is 1. The van der Waals surface area contributed by atoms with Crippen LogP contribution in [0.25, 0.3) is 0 Å². The predicted octanol–water partition coefficient (Wildman–Crippen LogP) is 3.76. The van der Waals surface area contributed by atoms with Crippen molar-refractivity contribution in [2.75, 3.05) is 5.32 Å². The van der Waals surface area contributed by atoms with E-state index in [4.69, 9.17) is 0 Å². The number of nitrogens with one attached hydrogen (secondary N) is 1. The number of fused-ring (bicyclic) bond motifs is 2. The minimum Gasteiger partial charge on any atom is -0.319 e. The van der Waals surface area contributed by atoms with E-state index in [2.05, 4.69) is 21.2 Å². The Kier molecular flexibility index (Phi) is 3.62. The number of hydrogen-bond donors (Lipinski definition) is 1. The van der Waals surface area contributed by atoms with Crippen molar-refractivity contribution < 1.29 is 9.72 Å². The molecule has 0 saturated heterocycles. The van der Waals surface area contributed by atoms with Gasteiger partial charge in [0.1, 0.15) is 5.69 Å². The highest BCUT2D eigenvalue weighted by Crippen LogP contribution is 2.54. The summed E-state index contributed by atoms with van der Waals surface area (Å²) in [7, 11) is 0. The van der Waals surface area contributed by atoms with Crippen LogP contribution in [0.1, 0.15) is 38.7 Å². The van der Waals surface area contributed by atoms with Gasteiger partial charge in [0.05, 0.1) is 10.3 Å². The third kappa shape index (κ3) is 1.94. The summed E-state index contributed by atoms with van der Waals surface area (Å²) in [6.45, 7) is 4.00. The number of halogens is 1. The van der Waals surface area contributed by atoms with E-state index in [1.165, 1.54) is 6.07 Å². The van der Waals surface area contributed by atoms with Crippen LogP contribution in [0.2, 0.25) is 0 Å². The molecule has 0 radical (unpaired) electrons. The first kappa shape index (κ1) is 14.0. The number of carbonyl (C=O) groups is 1. The Labute approximate surface area is 119 Å². The van der Waals surface area contributed by atoms with Crippen molar-refractivity contribution in [3.05, 3.63) is 32.3 Å². The van der Waals surface area contributed by atoms with Crippen LogP contribution in [0.4, 0.5) is 11.4 Å². The van der Waals surface area contributed by atoms with E-state index in [9.17, 15) is 14.9 Å². The third-order valence-electron chi connectivity index (χ3n) is 3.67. The van der Waals surface area contributed by atoms with Crippen molar-refractivity contribution >= 4 is 33.2 Å². The number of benzene rings is 1. The average Bonchev–Trinajstić information content (AvgIpc) is 2.62. The van der Waals surface area contributed by atoms with Gasteiger partial charge in [-0.15, -0.1) is 0 Å². The lowest BCUT2D eigenvalue weighted by Gasteiger charge is -2.35. The lowest BCUT2D eigenvalue weighted by atomic mass is 9.65. The maximum Gasteiger partial charge on any atom is 0.294 e. The number of carbonyl (C=O) groups excluding carboxylic acids is 1. The molecule has 1 aromatic carbocycles. The highest BCUT2D eigenvalue weighted by atomic mass is 79.9. The van der Waals surface area contributed by atoms with Gasteiger partial charge in [-0.25, -0.2) is 0 Å². The number of nitro groups is 1. The molecule has 1 aliphatic carbocycles. The topological polar surface area (TPSA) is 72.2 Å². The second-order valence-corrected chi connectivity index (χ2v) is 5.41. The van der Waals surface area contributed by atoms with Crippen molar-refractivity contribution in [1.82, 2.24) is 0 Å². The summed E-state index contributed by atoms with van der Waals surface area (Å²) in [4.78, 5) is 22.5. The van der Waals surface area contributed by atoms with E-state index in [0.29, 0.717) is 10.2 Å². The Morgan fingerprint density at radius 3 is 2.47 bits per heavy atom. The average molecular weight is 327 g/mol. The van der Waals surface area contributed by atoms with Crippen LogP contribution in [-0.4, -0.2) is 10.8 Å². The number of rotatable bonds is 1. The Morgan fingerprint density at radius 1 is 1.37 bits per heavy atom. The summed E-state index contributed by atoms with van der Waals surface area (Å²) in [6.07, 6.45) is 2.55. The van der Waals surface area contributed by atoms with Crippen molar-refractivity contribution in [2.45, 2.75) is 38.5 Å². The number of anilines is 1. The van der Waals surface area contributed by atoms with Gasteiger partial charge >= 0.3 is 0 Å². The molecule has 1 N–H and O–H groups in total. The van der Waals surface area contributed by atoms with Crippen molar-refractivity contribution in [2.24, 2.45) is 0 Å². The molecule has 0 bridgehead atoms. The third-order valence-corrected chi connectivity index (χ3v) is 4.13. The number of nitrogens with zero attached hydrogens (tertiary/aromatic N) is 1. The standard InChI is InChI=1S/C11H9BrN2O3.C2H6/c12-6-4-7-9(8(5-6)14(16)17)13-10(15)11(7)2-1-3-11;1-2/h4-5H,1-3H2,(H,13,15);1-2H3. The lowest BCUT2D eigenvalue weighted by Crippen LogP contribution is -2.40. The van der Waals surface area contributed by atoms with E-state index >= 15 is 0 Å². The van der Waals surface area contributed by atoms with Crippen LogP contribution >= 0.6 is 15.9 Å². The zero-order valence-corrected chi connectivity index (χ0v) is 12.4. The molecule has 1 fully saturated rings. The van der Waals surface area contributed by atoms with Crippen molar-refractivity contribution in [3.8, 4) is 0 Å². The first-order chi connectivity index (χ1) is 9.04. The molecule has 1 aliphatic heterocycles. The van der Waals surface area contributed by atoms with E-state index in [-0.39, 0.29) is 11.6 Å². The molecular weight excluding hydrogens is 312 g/mol. The minimum absolute atomic E-state index is 0.0356. The van der Waals surface area contributed by atoms with Crippen LogP contribution < -0.4 is 5.32 Å². The highest BCUT2D eigenvalue weighted by Gasteiger charge is 2.53. The lowest BCUT2D eigenvalue weighted by molar-refractivity contribution is -0.384. The van der Waals surface area contributed by atoms with Gasteiger partial charge in [0.15, 0.2) is 0 Å². The van der Waals surface area contributed by atoms with Crippen molar-refractivity contribution in [1.29, 1.82) is 0 Å². The van der Waals surface area contributed by atoms with Gasteiger partial charge in [-0.2, -0.15) is 0 Å². The normalized spacial score (nSPS) is 17.9. The molecule has 102 valence electrons. The largest absolute Gasteiger partial charge is 0.319 e. The zero-order chi connectivity index (χ0) is 14.2. The van der Waals surface area contributed by atoms with Crippen LogP contribution in [0.3, 0.4) is 0 Å². The SMILES string of the molecule is CC.O=C1Nc2c([N+](=O)[O-])cc(Br)cc2C12CCC2. The van der Waals surface area contributed by atoms with Crippen LogP contribution in [-0.2, 0) is 10.2 Å². The number of hydrogen-bond acceptors (Lipinski definition) is 3. The van der Waals surface area contributed by atoms with Gasteiger partial charge in [0.25, 0.3) is 5.69 Å². The monoisotopic (exact) mass is 326 g/mol. The van der Waals surface area contributed by atoms with Gasteiger partial charge in [-0.05, 0) is 24.5 Å². The second-order valence-electron chi connectivity index (χ2n) is 4.49. The van der Waals surface area contributed by atoms with Crippen LogP contribution in [0.15, 0.2) is 16.6 Å². The molecule has 0 aromatic heterocycles. The molecule has 19 heavy (non-hydrogen) atoms.